The Balaban J connectivity index is 1.88. The molecule has 0 saturated heterocycles. The van der Waals surface area contributed by atoms with Crippen LogP contribution in [0.15, 0.2) is 29.6 Å². The number of H-pyrrole nitrogens is 1. The fourth-order valence-electron chi connectivity index (χ4n) is 1.54. The molecule has 0 radical (unpaired) electrons. The van der Waals surface area contributed by atoms with Crippen molar-refractivity contribution in [2.45, 2.75) is 17.9 Å². The zero-order valence-electron chi connectivity index (χ0n) is 10.4. The third-order valence-corrected chi connectivity index (χ3v) is 3.97. The van der Waals surface area contributed by atoms with E-state index in [1.807, 2.05) is 0 Å². The Labute approximate surface area is 114 Å². The van der Waals surface area contributed by atoms with Crippen LogP contribution in [0.25, 0.3) is 0 Å². The quantitative estimate of drug-likeness (QED) is 0.600. The van der Waals surface area contributed by atoms with E-state index in [1.54, 1.807) is 10.9 Å². The number of hydrogen-bond donors (Lipinski definition) is 3. The third-order valence-electron chi connectivity index (χ3n) is 2.53. The van der Waals surface area contributed by atoms with E-state index in [-0.39, 0.29) is 17.1 Å². The highest BCUT2D eigenvalue weighted by Gasteiger charge is 2.17. The maximum Gasteiger partial charge on any atom is 0.352 e. The topological polar surface area (TPSA) is 130 Å². The van der Waals surface area contributed by atoms with Crippen LogP contribution in [0, 0.1) is 0 Å². The monoisotopic (exact) mass is 299 g/mol. The van der Waals surface area contributed by atoms with Crippen molar-refractivity contribution < 1.29 is 18.3 Å². The van der Waals surface area contributed by atoms with Gasteiger partial charge in [0.15, 0.2) is 0 Å². The molecule has 0 aromatic carbocycles. The summed E-state index contributed by atoms with van der Waals surface area (Å²) in [5, 5.41) is 16.1. The summed E-state index contributed by atoms with van der Waals surface area (Å²) >= 11 is 0. The maximum absolute atomic E-state index is 11.9. The van der Waals surface area contributed by atoms with Crippen LogP contribution in [0.3, 0.4) is 0 Å². The number of carboxylic acid groups (broad SMARTS) is 1. The van der Waals surface area contributed by atoms with Gasteiger partial charge in [-0.1, -0.05) is 5.21 Å². The number of rotatable bonds is 7. The molecular formula is C10H13N5O4S. The van der Waals surface area contributed by atoms with Gasteiger partial charge in [0.25, 0.3) is 0 Å². The van der Waals surface area contributed by atoms with E-state index in [9.17, 15) is 13.2 Å². The Morgan fingerprint density at radius 1 is 1.50 bits per heavy atom. The lowest BCUT2D eigenvalue weighted by atomic mass is 10.4. The lowest BCUT2D eigenvalue weighted by Gasteiger charge is -2.04. The first-order valence-electron chi connectivity index (χ1n) is 5.74. The first kappa shape index (κ1) is 14.2. The molecule has 0 aliphatic heterocycles. The van der Waals surface area contributed by atoms with Gasteiger partial charge < -0.3 is 10.1 Å². The Hall–Kier alpha value is -2.20. The molecule has 0 aliphatic carbocycles. The molecule has 0 bridgehead atoms. The lowest BCUT2D eigenvalue weighted by molar-refractivity contribution is 0.0691. The summed E-state index contributed by atoms with van der Waals surface area (Å²) < 4.78 is 27.7. The summed E-state index contributed by atoms with van der Waals surface area (Å²) in [6, 6.07) is 1.07. The van der Waals surface area contributed by atoms with Crippen molar-refractivity contribution in [2.75, 3.05) is 6.54 Å². The van der Waals surface area contributed by atoms with Crippen LogP contribution in [-0.4, -0.2) is 46.0 Å². The normalized spacial score (nSPS) is 11.6. The molecule has 2 aromatic rings. The van der Waals surface area contributed by atoms with Crippen LogP contribution >= 0.6 is 0 Å². The number of aromatic nitrogens is 4. The maximum atomic E-state index is 11.9. The first-order chi connectivity index (χ1) is 9.49. The number of aromatic carboxylic acids is 1. The van der Waals surface area contributed by atoms with Gasteiger partial charge >= 0.3 is 5.97 Å². The second kappa shape index (κ2) is 5.84. The van der Waals surface area contributed by atoms with Crippen molar-refractivity contribution >= 4 is 16.0 Å². The minimum Gasteiger partial charge on any atom is -0.477 e. The van der Waals surface area contributed by atoms with Crippen LogP contribution in [0.2, 0.25) is 0 Å². The average molecular weight is 299 g/mol. The Bertz CT molecular complexity index is 676. The lowest BCUT2D eigenvalue weighted by Crippen LogP contribution is -2.25. The number of aromatic amines is 1. The zero-order valence-corrected chi connectivity index (χ0v) is 11.2. The molecule has 0 unspecified atom stereocenters. The molecule has 2 aromatic heterocycles. The summed E-state index contributed by atoms with van der Waals surface area (Å²) in [6.45, 7) is 0.756. The van der Waals surface area contributed by atoms with Gasteiger partial charge in [0.05, 0.1) is 6.20 Å². The zero-order chi connectivity index (χ0) is 14.6. The number of carbonyl (C=O) groups is 1. The number of nitrogens with one attached hydrogen (secondary N) is 2. The smallest absolute Gasteiger partial charge is 0.352 e. The number of aryl methyl sites for hydroxylation is 1. The minimum atomic E-state index is -3.70. The van der Waals surface area contributed by atoms with Crippen molar-refractivity contribution in [3.8, 4) is 0 Å². The molecule has 0 fully saturated rings. The molecule has 20 heavy (non-hydrogen) atoms. The van der Waals surface area contributed by atoms with E-state index in [0.29, 0.717) is 13.0 Å². The first-order valence-corrected chi connectivity index (χ1v) is 7.23. The van der Waals surface area contributed by atoms with Gasteiger partial charge in [-0.2, -0.15) is 0 Å². The number of hydrogen-bond acceptors (Lipinski definition) is 5. The molecular weight excluding hydrogens is 286 g/mol. The fraction of sp³-hybridized carbons (Fsp3) is 0.300. The molecule has 9 nitrogen and oxygen atoms in total. The van der Waals surface area contributed by atoms with Gasteiger partial charge in [-0.3, -0.25) is 4.68 Å². The Morgan fingerprint density at radius 3 is 2.90 bits per heavy atom. The van der Waals surface area contributed by atoms with Crippen molar-refractivity contribution in [3.63, 3.8) is 0 Å². The highest BCUT2D eigenvalue weighted by Crippen LogP contribution is 2.10. The predicted octanol–water partition coefficient (Wildman–Crippen LogP) is -0.327. The highest BCUT2D eigenvalue weighted by atomic mass is 32.2. The van der Waals surface area contributed by atoms with Crippen LogP contribution in [0.4, 0.5) is 0 Å². The van der Waals surface area contributed by atoms with E-state index >= 15 is 0 Å². The molecule has 2 rings (SSSR count). The minimum absolute atomic E-state index is 0.101. The number of sulfonamides is 1. The SMILES string of the molecule is O=C(O)c1cc(S(=O)(=O)NCCCn2ccnn2)c[nH]1. The number of nitrogens with zero attached hydrogens (tertiary/aromatic N) is 3. The molecule has 2 heterocycles. The molecule has 0 aliphatic rings. The van der Waals surface area contributed by atoms with Gasteiger partial charge in [-0.25, -0.2) is 17.9 Å². The van der Waals surface area contributed by atoms with Gasteiger partial charge in [0, 0.05) is 25.5 Å². The highest BCUT2D eigenvalue weighted by molar-refractivity contribution is 7.89. The summed E-state index contributed by atoms with van der Waals surface area (Å²) in [5.41, 5.74) is -0.173. The summed E-state index contributed by atoms with van der Waals surface area (Å²) in [6.07, 6.45) is 4.90. The van der Waals surface area contributed by atoms with Gasteiger partial charge in [-0.15, -0.1) is 5.10 Å². The molecule has 0 atom stereocenters. The van der Waals surface area contributed by atoms with Crippen molar-refractivity contribution in [2.24, 2.45) is 0 Å². The van der Waals surface area contributed by atoms with E-state index < -0.39 is 16.0 Å². The van der Waals surface area contributed by atoms with E-state index in [4.69, 9.17) is 5.11 Å². The number of carboxylic acids is 1. The largest absolute Gasteiger partial charge is 0.477 e. The van der Waals surface area contributed by atoms with Crippen LogP contribution in [-0.2, 0) is 16.6 Å². The molecule has 0 spiro atoms. The van der Waals surface area contributed by atoms with Gasteiger partial charge in [0.1, 0.15) is 10.6 Å². The summed E-state index contributed by atoms with van der Waals surface area (Å²) in [4.78, 5) is 13.0. The van der Waals surface area contributed by atoms with E-state index in [0.717, 1.165) is 12.3 Å². The van der Waals surface area contributed by atoms with Gasteiger partial charge in [-0.05, 0) is 12.5 Å². The Kier molecular flexibility index (Phi) is 4.15. The second-order valence-corrected chi connectivity index (χ2v) is 5.74. The third kappa shape index (κ3) is 3.42. The molecule has 10 heteroatoms. The summed E-state index contributed by atoms with van der Waals surface area (Å²) in [5.74, 6) is -1.21. The van der Waals surface area contributed by atoms with Crippen LogP contribution < -0.4 is 4.72 Å². The molecule has 0 amide bonds. The van der Waals surface area contributed by atoms with Crippen molar-refractivity contribution in [1.29, 1.82) is 0 Å². The predicted molar refractivity (Wildman–Crippen MR) is 67.6 cm³/mol. The molecule has 3 N–H and O–H groups in total. The Morgan fingerprint density at radius 2 is 2.30 bits per heavy atom. The van der Waals surface area contributed by atoms with Gasteiger partial charge in [0.2, 0.25) is 10.0 Å². The molecule has 0 saturated carbocycles. The standard InChI is InChI=1S/C10H13N5O4S/c16-10(17)9-6-8(7-11-9)20(18,19)13-2-1-4-15-5-3-12-14-15/h3,5-7,11,13H,1-2,4H2,(H,16,17). The van der Waals surface area contributed by atoms with Crippen molar-refractivity contribution in [1.82, 2.24) is 24.7 Å². The van der Waals surface area contributed by atoms with E-state index in [2.05, 4.69) is 20.0 Å². The van der Waals surface area contributed by atoms with E-state index in [1.165, 1.54) is 6.20 Å². The molecule has 108 valence electrons. The van der Waals surface area contributed by atoms with Crippen LogP contribution in [0.5, 0.6) is 0 Å². The van der Waals surface area contributed by atoms with Crippen molar-refractivity contribution in [3.05, 3.63) is 30.4 Å². The summed E-state index contributed by atoms with van der Waals surface area (Å²) in [7, 11) is -3.70. The fourth-order valence-corrected chi connectivity index (χ4v) is 2.60. The second-order valence-electron chi connectivity index (χ2n) is 3.97. The van der Waals surface area contributed by atoms with Crippen LogP contribution in [0.1, 0.15) is 16.9 Å². The average Bonchev–Trinajstić information content (AvgIpc) is 3.05.